The van der Waals surface area contributed by atoms with Crippen LogP contribution >= 0.6 is 11.6 Å². The lowest BCUT2D eigenvalue weighted by Gasteiger charge is -2.14. The molecule has 1 aromatic heterocycles. The van der Waals surface area contributed by atoms with Crippen molar-refractivity contribution in [3.63, 3.8) is 0 Å². The highest BCUT2D eigenvalue weighted by molar-refractivity contribution is 6.30. The van der Waals surface area contributed by atoms with Gasteiger partial charge in [0.1, 0.15) is 0 Å². The van der Waals surface area contributed by atoms with Crippen molar-refractivity contribution >= 4 is 11.6 Å². The van der Waals surface area contributed by atoms with Crippen LogP contribution in [0.25, 0.3) is 11.1 Å². The van der Waals surface area contributed by atoms with Gasteiger partial charge in [-0.05, 0) is 30.5 Å². The molecule has 0 spiro atoms. The molecule has 1 fully saturated rings. The van der Waals surface area contributed by atoms with Crippen LogP contribution in [0.5, 0.6) is 0 Å². The highest BCUT2D eigenvalue weighted by Gasteiger charge is 2.15. The maximum atomic E-state index is 6.04. The third-order valence-corrected chi connectivity index (χ3v) is 4.19. The first-order valence-electron chi connectivity index (χ1n) is 7.13. The Kier molecular flexibility index (Phi) is 3.88. The monoisotopic (exact) mass is 274 g/mol. The van der Waals surface area contributed by atoms with Crippen LogP contribution in [0.3, 0.4) is 0 Å². The molecule has 1 aliphatic rings. The number of hydrogen-bond donors (Lipinski definition) is 0. The van der Waals surface area contributed by atoms with Gasteiger partial charge in [0.2, 0.25) is 0 Å². The average molecular weight is 275 g/mol. The van der Waals surface area contributed by atoms with E-state index in [2.05, 4.69) is 22.0 Å². The summed E-state index contributed by atoms with van der Waals surface area (Å²) in [7, 11) is 0. The van der Waals surface area contributed by atoms with Crippen molar-refractivity contribution in [2.45, 2.75) is 44.6 Å². The van der Waals surface area contributed by atoms with Crippen LogP contribution in [0.15, 0.2) is 36.7 Å². The first-order chi connectivity index (χ1) is 9.33. The lowest BCUT2D eigenvalue weighted by atomic mass is 10.1. The Morgan fingerprint density at radius 1 is 1.05 bits per heavy atom. The van der Waals surface area contributed by atoms with E-state index in [4.69, 9.17) is 11.6 Å². The quantitative estimate of drug-likeness (QED) is 0.697. The van der Waals surface area contributed by atoms with Crippen LogP contribution in [0.1, 0.15) is 44.6 Å². The molecule has 0 unspecified atom stereocenters. The highest BCUT2D eigenvalue weighted by Crippen LogP contribution is 2.29. The van der Waals surface area contributed by atoms with Gasteiger partial charge in [-0.25, -0.2) is 0 Å². The summed E-state index contributed by atoms with van der Waals surface area (Å²) in [6.45, 7) is 0. The van der Waals surface area contributed by atoms with Gasteiger partial charge >= 0.3 is 0 Å². The third kappa shape index (κ3) is 3.01. The van der Waals surface area contributed by atoms with Crippen molar-refractivity contribution in [2.75, 3.05) is 0 Å². The molecule has 0 aliphatic heterocycles. The van der Waals surface area contributed by atoms with Crippen LogP contribution in [0.2, 0.25) is 5.02 Å². The summed E-state index contributed by atoms with van der Waals surface area (Å²) in [6, 6.07) is 8.55. The normalized spacial score (nSPS) is 17.3. The molecule has 0 atom stereocenters. The molecule has 100 valence electrons. The largest absolute Gasteiger partial charge is 0.269 e. The molecule has 2 nitrogen and oxygen atoms in total. The summed E-state index contributed by atoms with van der Waals surface area (Å²) in [6.07, 6.45) is 12.1. The third-order valence-electron chi connectivity index (χ3n) is 3.96. The molecule has 3 heteroatoms. The zero-order valence-electron chi connectivity index (χ0n) is 11.1. The Morgan fingerprint density at radius 3 is 2.58 bits per heavy atom. The molecular weight excluding hydrogens is 256 g/mol. The van der Waals surface area contributed by atoms with Crippen molar-refractivity contribution in [1.82, 2.24) is 9.78 Å². The summed E-state index contributed by atoms with van der Waals surface area (Å²) in [5.41, 5.74) is 2.30. The van der Waals surface area contributed by atoms with E-state index in [0.29, 0.717) is 6.04 Å². The molecule has 19 heavy (non-hydrogen) atoms. The van der Waals surface area contributed by atoms with E-state index in [9.17, 15) is 0 Å². The fraction of sp³-hybridized carbons (Fsp3) is 0.438. The number of nitrogens with zero attached hydrogens (tertiary/aromatic N) is 2. The molecule has 0 N–H and O–H groups in total. The molecule has 1 aliphatic carbocycles. The van der Waals surface area contributed by atoms with Crippen LogP contribution in [-0.4, -0.2) is 9.78 Å². The number of halogens is 1. The summed E-state index contributed by atoms with van der Waals surface area (Å²) in [5.74, 6) is 0. The Morgan fingerprint density at radius 2 is 1.84 bits per heavy atom. The predicted molar refractivity (Wildman–Crippen MR) is 79.4 cm³/mol. The van der Waals surface area contributed by atoms with E-state index in [1.807, 2.05) is 24.4 Å². The van der Waals surface area contributed by atoms with Gasteiger partial charge in [0.15, 0.2) is 0 Å². The van der Waals surface area contributed by atoms with E-state index in [0.717, 1.165) is 16.1 Å². The Labute approximate surface area is 119 Å². The standard InChI is InChI=1S/C16H19ClN2/c17-15-7-5-6-13(10-15)14-11-18-19(12-14)16-8-3-1-2-4-9-16/h5-7,10-12,16H,1-4,8-9H2. The van der Waals surface area contributed by atoms with E-state index in [-0.39, 0.29) is 0 Å². The maximum absolute atomic E-state index is 6.04. The number of benzene rings is 1. The second kappa shape index (κ2) is 5.79. The van der Waals surface area contributed by atoms with Crippen molar-refractivity contribution in [3.8, 4) is 11.1 Å². The first kappa shape index (κ1) is 12.7. The second-order valence-corrected chi connectivity index (χ2v) is 5.80. The molecular formula is C16H19ClN2. The van der Waals surface area contributed by atoms with Gasteiger partial charge in [0.05, 0.1) is 12.2 Å². The Hall–Kier alpha value is -1.28. The lowest BCUT2D eigenvalue weighted by molar-refractivity contribution is 0.405. The minimum atomic E-state index is 0.579. The summed E-state index contributed by atoms with van der Waals surface area (Å²) >= 11 is 6.04. The minimum Gasteiger partial charge on any atom is -0.269 e. The predicted octanol–water partition coefficient (Wildman–Crippen LogP) is 5.10. The molecule has 1 aromatic carbocycles. The van der Waals surface area contributed by atoms with Crippen LogP contribution in [0, 0.1) is 0 Å². The van der Waals surface area contributed by atoms with E-state index in [1.54, 1.807) is 0 Å². The molecule has 2 aromatic rings. The molecule has 1 heterocycles. The van der Waals surface area contributed by atoms with Crippen molar-refractivity contribution < 1.29 is 0 Å². The van der Waals surface area contributed by atoms with Gasteiger partial charge < -0.3 is 0 Å². The van der Waals surface area contributed by atoms with Crippen molar-refractivity contribution in [3.05, 3.63) is 41.7 Å². The zero-order chi connectivity index (χ0) is 13.1. The van der Waals surface area contributed by atoms with Crippen LogP contribution < -0.4 is 0 Å². The first-order valence-corrected chi connectivity index (χ1v) is 7.51. The van der Waals surface area contributed by atoms with Gasteiger partial charge in [-0.15, -0.1) is 0 Å². The van der Waals surface area contributed by atoms with E-state index in [1.165, 1.54) is 38.5 Å². The maximum Gasteiger partial charge on any atom is 0.0568 e. The topological polar surface area (TPSA) is 17.8 Å². The van der Waals surface area contributed by atoms with Gasteiger partial charge in [0, 0.05) is 16.8 Å². The molecule has 0 radical (unpaired) electrons. The Balaban J connectivity index is 1.82. The molecule has 0 saturated heterocycles. The van der Waals surface area contributed by atoms with Crippen LogP contribution in [-0.2, 0) is 0 Å². The average Bonchev–Trinajstić information content (AvgIpc) is 2.75. The SMILES string of the molecule is Clc1cccc(-c2cnn(C3CCCCCC3)c2)c1. The smallest absolute Gasteiger partial charge is 0.0568 e. The fourth-order valence-corrected chi connectivity index (χ4v) is 3.07. The molecule has 1 saturated carbocycles. The number of hydrogen-bond acceptors (Lipinski definition) is 1. The Bertz CT molecular complexity index is 539. The van der Waals surface area contributed by atoms with E-state index >= 15 is 0 Å². The molecule has 3 rings (SSSR count). The minimum absolute atomic E-state index is 0.579. The van der Waals surface area contributed by atoms with Crippen molar-refractivity contribution in [2.24, 2.45) is 0 Å². The van der Waals surface area contributed by atoms with Gasteiger partial charge in [-0.3, -0.25) is 4.68 Å². The molecule has 0 amide bonds. The highest BCUT2D eigenvalue weighted by atomic mass is 35.5. The number of rotatable bonds is 2. The van der Waals surface area contributed by atoms with E-state index < -0.39 is 0 Å². The van der Waals surface area contributed by atoms with Gasteiger partial charge in [0.25, 0.3) is 0 Å². The summed E-state index contributed by atoms with van der Waals surface area (Å²) < 4.78 is 2.15. The van der Waals surface area contributed by atoms with Crippen LogP contribution in [0.4, 0.5) is 0 Å². The fourth-order valence-electron chi connectivity index (χ4n) is 2.88. The van der Waals surface area contributed by atoms with Crippen molar-refractivity contribution in [1.29, 1.82) is 0 Å². The summed E-state index contributed by atoms with van der Waals surface area (Å²) in [4.78, 5) is 0. The number of aromatic nitrogens is 2. The zero-order valence-corrected chi connectivity index (χ0v) is 11.8. The summed E-state index contributed by atoms with van der Waals surface area (Å²) in [5, 5.41) is 5.34. The lowest BCUT2D eigenvalue weighted by Crippen LogP contribution is -2.08. The van der Waals surface area contributed by atoms with Gasteiger partial charge in [-0.1, -0.05) is 49.4 Å². The molecule has 0 bridgehead atoms. The second-order valence-electron chi connectivity index (χ2n) is 5.36. The van der Waals surface area contributed by atoms with Gasteiger partial charge in [-0.2, -0.15) is 5.10 Å².